The van der Waals surface area contributed by atoms with E-state index in [1.807, 2.05) is 37.3 Å². The molecule has 6 heteroatoms. The molecule has 2 aromatic heterocycles. The first-order valence-electron chi connectivity index (χ1n) is 7.09. The molecule has 3 rings (SSSR count). The van der Waals surface area contributed by atoms with Gasteiger partial charge in [0.1, 0.15) is 0 Å². The number of hydrogen-bond acceptors (Lipinski definition) is 6. The lowest BCUT2D eigenvalue weighted by atomic mass is 10.2. The molecule has 3 aromatic rings. The summed E-state index contributed by atoms with van der Waals surface area (Å²) in [6.07, 6.45) is 1.67. The van der Waals surface area contributed by atoms with Crippen LogP contribution in [0.15, 0.2) is 36.5 Å². The van der Waals surface area contributed by atoms with Gasteiger partial charge in [0.05, 0.1) is 28.6 Å². The lowest BCUT2D eigenvalue weighted by Gasteiger charge is -2.12. The molecule has 1 aromatic carbocycles. The van der Waals surface area contributed by atoms with Crippen molar-refractivity contribution < 1.29 is 0 Å². The molecule has 22 heavy (non-hydrogen) atoms. The summed E-state index contributed by atoms with van der Waals surface area (Å²) in [6, 6.07) is 9.99. The summed E-state index contributed by atoms with van der Waals surface area (Å²) < 4.78 is 0. The number of benzene rings is 1. The van der Waals surface area contributed by atoms with E-state index in [0.717, 1.165) is 22.0 Å². The first-order valence-corrected chi connectivity index (χ1v) is 7.91. The van der Waals surface area contributed by atoms with E-state index in [2.05, 4.69) is 39.3 Å². The third-order valence-corrected chi connectivity index (χ3v) is 4.23. The first-order chi connectivity index (χ1) is 10.6. The van der Waals surface area contributed by atoms with E-state index in [-0.39, 0.29) is 6.04 Å². The molecule has 0 saturated heterocycles. The number of hydrogen-bond donors (Lipinski definition) is 1. The second kappa shape index (κ2) is 6.19. The van der Waals surface area contributed by atoms with Gasteiger partial charge in [0.25, 0.3) is 0 Å². The van der Waals surface area contributed by atoms with Gasteiger partial charge in [-0.25, -0.2) is 9.97 Å². The molecular formula is C16H17N5S. The highest BCUT2D eigenvalue weighted by Crippen LogP contribution is 2.25. The van der Waals surface area contributed by atoms with Gasteiger partial charge in [-0.2, -0.15) is 5.10 Å². The number of thiazole rings is 1. The highest BCUT2D eigenvalue weighted by Gasteiger charge is 2.14. The summed E-state index contributed by atoms with van der Waals surface area (Å²) in [4.78, 5) is 10.3. The van der Waals surface area contributed by atoms with Crippen LogP contribution in [-0.2, 0) is 0 Å². The Morgan fingerprint density at radius 2 is 1.86 bits per heavy atom. The molecular weight excluding hydrogens is 294 g/mol. The van der Waals surface area contributed by atoms with Gasteiger partial charge in [0.2, 0.25) is 5.95 Å². The molecule has 112 valence electrons. The smallest absolute Gasteiger partial charge is 0.243 e. The summed E-state index contributed by atoms with van der Waals surface area (Å²) in [5, 5.41) is 12.5. The van der Waals surface area contributed by atoms with Crippen LogP contribution in [0.1, 0.15) is 28.5 Å². The van der Waals surface area contributed by atoms with Crippen molar-refractivity contribution in [2.24, 2.45) is 0 Å². The lowest BCUT2D eigenvalue weighted by Crippen LogP contribution is -2.11. The van der Waals surface area contributed by atoms with Crippen LogP contribution in [-0.4, -0.2) is 20.2 Å². The van der Waals surface area contributed by atoms with Crippen molar-refractivity contribution in [1.82, 2.24) is 20.2 Å². The standard InChI is InChI=1S/C16H17N5S/c1-10(15-11(2)22-12(3)19-15)18-16-20-14(9-17-21-16)13-7-5-4-6-8-13/h4-10H,1-3H3,(H,18,20,21). The molecule has 0 saturated carbocycles. The maximum absolute atomic E-state index is 4.57. The van der Waals surface area contributed by atoms with Crippen molar-refractivity contribution in [2.75, 3.05) is 5.32 Å². The van der Waals surface area contributed by atoms with E-state index in [1.165, 1.54) is 4.88 Å². The zero-order valence-corrected chi connectivity index (χ0v) is 13.6. The Morgan fingerprint density at radius 1 is 1.09 bits per heavy atom. The molecule has 2 heterocycles. The van der Waals surface area contributed by atoms with Crippen molar-refractivity contribution in [2.45, 2.75) is 26.8 Å². The summed E-state index contributed by atoms with van der Waals surface area (Å²) in [7, 11) is 0. The number of aryl methyl sites for hydroxylation is 2. The van der Waals surface area contributed by atoms with E-state index >= 15 is 0 Å². The van der Waals surface area contributed by atoms with Gasteiger partial charge in [-0.3, -0.25) is 0 Å². The minimum atomic E-state index is 0.0396. The molecule has 0 radical (unpaired) electrons. The molecule has 0 fully saturated rings. The van der Waals surface area contributed by atoms with Crippen LogP contribution in [0.3, 0.4) is 0 Å². The quantitative estimate of drug-likeness (QED) is 0.794. The van der Waals surface area contributed by atoms with Crippen molar-refractivity contribution in [3.63, 3.8) is 0 Å². The summed E-state index contributed by atoms with van der Waals surface area (Å²) in [5.74, 6) is 0.513. The van der Waals surface area contributed by atoms with E-state index in [1.54, 1.807) is 17.5 Å². The van der Waals surface area contributed by atoms with Gasteiger partial charge in [0, 0.05) is 10.4 Å². The Bertz CT molecular complexity index is 769. The minimum Gasteiger partial charge on any atom is -0.345 e. The van der Waals surface area contributed by atoms with Gasteiger partial charge in [-0.1, -0.05) is 30.3 Å². The van der Waals surface area contributed by atoms with Crippen LogP contribution in [0.4, 0.5) is 5.95 Å². The highest BCUT2D eigenvalue weighted by molar-refractivity contribution is 7.11. The normalized spacial score (nSPS) is 12.1. The Morgan fingerprint density at radius 3 is 2.55 bits per heavy atom. The number of rotatable bonds is 4. The molecule has 5 nitrogen and oxygen atoms in total. The average molecular weight is 311 g/mol. The van der Waals surface area contributed by atoms with Crippen molar-refractivity contribution in [3.8, 4) is 11.3 Å². The van der Waals surface area contributed by atoms with Crippen LogP contribution < -0.4 is 5.32 Å². The molecule has 0 amide bonds. The topological polar surface area (TPSA) is 63.6 Å². The average Bonchev–Trinajstić information content (AvgIpc) is 2.87. The SMILES string of the molecule is Cc1nc(C(C)Nc2nncc(-c3ccccc3)n2)c(C)s1. The Kier molecular flexibility index (Phi) is 4.11. The van der Waals surface area contributed by atoms with E-state index in [4.69, 9.17) is 0 Å². The van der Waals surface area contributed by atoms with Crippen LogP contribution in [0, 0.1) is 13.8 Å². The predicted molar refractivity (Wildman–Crippen MR) is 88.9 cm³/mol. The van der Waals surface area contributed by atoms with Crippen LogP contribution >= 0.6 is 11.3 Å². The molecule has 1 unspecified atom stereocenters. The molecule has 0 bridgehead atoms. The number of aromatic nitrogens is 4. The Hall–Kier alpha value is -2.34. The molecule has 1 atom stereocenters. The third-order valence-electron chi connectivity index (χ3n) is 3.32. The van der Waals surface area contributed by atoms with Crippen molar-refractivity contribution >= 4 is 17.3 Å². The molecule has 0 aliphatic carbocycles. The summed E-state index contributed by atoms with van der Waals surface area (Å²) in [6.45, 7) is 6.15. The minimum absolute atomic E-state index is 0.0396. The van der Waals surface area contributed by atoms with Crippen LogP contribution in [0.25, 0.3) is 11.3 Å². The first kappa shape index (κ1) is 14.6. The number of nitrogens with one attached hydrogen (secondary N) is 1. The maximum Gasteiger partial charge on any atom is 0.243 e. The predicted octanol–water partition coefficient (Wildman–Crippen LogP) is 3.79. The molecule has 0 aliphatic heterocycles. The lowest BCUT2D eigenvalue weighted by molar-refractivity contribution is 0.807. The second-order valence-corrected chi connectivity index (χ2v) is 6.48. The van der Waals surface area contributed by atoms with Gasteiger partial charge in [0.15, 0.2) is 0 Å². The van der Waals surface area contributed by atoms with Gasteiger partial charge < -0.3 is 5.32 Å². The highest BCUT2D eigenvalue weighted by atomic mass is 32.1. The van der Waals surface area contributed by atoms with E-state index in [9.17, 15) is 0 Å². The largest absolute Gasteiger partial charge is 0.345 e. The molecule has 1 N–H and O–H groups in total. The number of anilines is 1. The van der Waals surface area contributed by atoms with Crippen molar-refractivity contribution in [1.29, 1.82) is 0 Å². The summed E-state index contributed by atoms with van der Waals surface area (Å²) >= 11 is 1.70. The molecule has 0 aliphatic rings. The van der Waals surface area contributed by atoms with Gasteiger partial charge >= 0.3 is 0 Å². The maximum atomic E-state index is 4.57. The third kappa shape index (κ3) is 3.12. The number of nitrogens with zero attached hydrogens (tertiary/aromatic N) is 4. The van der Waals surface area contributed by atoms with Crippen LogP contribution in [0.5, 0.6) is 0 Å². The Balaban J connectivity index is 1.83. The van der Waals surface area contributed by atoms with Gasteiger partial charge in [-0.15, -0.1) is 16.4 Å². The van der Waals surface area contributed by atoms with E-state index in [0.29, 0.717) is 5.95 Å². The van der Waals surface area contributed by atoms with E-state index < -0.39 is 0 Å². The fourth-order valence-corrected chi connectivity index (χ4v) is 3.24. The van der Waals surface area contributed by atoms with Crippen molar-refractivity contribution in [3.05, 3.63) is 52.1 Å². The summed E-state index contributed by atoms with van der Waals surface area (Å²) in [5.41, 5.74) is 2.86. The zero-order chi connectivity index (χ0) is 15.5. The second-order valence-electron chi connectivity index (χ2n) is 5.07. The fourth-order valence-electron chi connectivity index (χ4n) is 2.32. The zero-order valence-electron chi connectivity index (χ0n) is 12.7. The van der Waals surface area contributed by atoms with Gasteiger partial charge in [-0.05, 0) is 20.8 Å². The molecule has 0 spiro atoms. The fraction of sp³-hybridized carbons (Fsp3) is 0.250. The van der Waals surface area contributed by atoms with Crippen LogP contribution in [0.2, 0.25) is 0 Å². The Labute approximate surface area is 133 Å². The monoisotopic (exact) mass is 311 g/mol.